The number of hydrogen-bond donors (Lipinski definition) is 4. The number of ether oxygens (including phenoxy) is 1. The van der Waals surface area contributed by atoms with E-state index in [9.17, 15) is 19.5 Å². The number of hydrazone groups is 1. The number of fused-ring (bicyclic) bond motifs is 1. The maximum atomic E-state index is 12.0. The number of carboxylic acid groups (broad SMARTS) is 1. The molecule has 3 fully saturated rings. The van der Waals surface area contributed by atoms with E-state index in [-0.39, 0.29) is 24.5 Å². The molecule has 0 spiro atoms. The molecule has 0 aromatic heterocycles. The van der Waals surface area contributed by atoms with Crippen LogP contribution in [0.2, 0.25) is 0 Å². The third-order valence-electron chi connectivity index (χ3n) is 5.69. The van der Waals surface area contributed by atoms with E-state index in [2.05, 4.69) is 21.2 Å². The number of rotatable bonds is 4. The first kappa shape index (κ1) is 19.4. The largest absolute Gasteiger partial charge is 0.465 e. The Balaban J connectivity index is 1.42. The van der Waals surface area contributed by atoms with E-state index < -0.39 is 18.2 Å². The molecule has 0 aromatic rings. The predicted octanol–water partition coefficient (Wildman–Crippen LogP) is 0.345. The molecule has 1 saturated carbocycles. The number of carbonyl (C=O) groups is 3. The third kappa shape index (κ3) is 4.49. The highest BCUT2D eigenvalue weighted by Crippen LogP contribution is 2.29. The Kier molecular flexibility index (Phi) is 6.15. The normalized spacial score (nSPS) is 31.4. The highest BCUT2D eigenvalue weighted by Gasteiger charge is 2.45. The first-order valence-corrected chi connectivity index (χ1v) is 9.42. The molecule has 0 radical (unpaired) electrons. The van der Waals surface area contributed by atoms with Gasteiger partial charge in [0.15, 0.2) is 0 Å². The van der Waals surface area contributed by atoms with E-state index in [4.69, 9.17) is 4.74 Å². The fourth-order valence-corrected chi connectivity index (χ4v) is 4.16. The van der Waals surface area contributed by atoms with Gasteiger partial charge in [-0.2, -0.15) is 5.10 Å². The molecule has 2 atom stereocenters. The van der Waals surface area contributed by atoms with Gasteiger partial charge in [0, 0.05) is 26.1 Å². The number of nitrogens with one attached hydrogen (secondary N) is 3. The smallest absolute Gasteiger partial charge is 0.407 e. The summed E-state index contributed by atoms with van der Waals surface area (Å²) in [5.41, 5.74) is 2.98. The van der Waals surface area contributed by atoms with Crippen molar-refractivity contribution < 1.29 is 24.2 Å². The predicted molar refractivity (Wildman–Crippen MR) is 96.4 cm³/mol. The Morgan fingerprint density at radius 1 is 1.22 bits per heavy atom. The summed E-state index contributed by atoms with van der Waals surface area (Å²) in [5.74, 6) is 0.514. The number of likely N-dealkylation sites (tertiary alicyclic amines) is 1. The van der Waals surface area contributed by atoms with Crippen molar-refractivity contribution in [2.75, 3.05) is 26.7 Å². The number of nitrogens with zero attached hydrogens (tertiary/aromatic N) is 2. The van der Waals surface area contributed by atoms with Gasteiger partial charge < -0.3 is 20.5 Å². The molecule has 10 heteroatoms. The second-order valence-electron chi connectivity index (χ2n) is 7.32. The summed E-state index contributed by atoms with van der Waals surface area (Å²) in [7, 11) is 1.65. The van der Waals surface area contributed by atoms with Crippen LogP contribution in [-0.4, -0.2) is 72.6 Å². The van der Waals surface area contributed by atoms with Gasteiger partial charge in [-0.15, -0.1) is 0 Å². The summed E-state index contributed by atoms with van der Waals surface area (Å²) in [6.07, 6.45) is 2.93. The SMILES string of the molecule is CNC(=O)C1CCC(CNC(=O)N/N=C2\COC3CCN(C(=O)O)C23)CC1. The number of hydrogen-bond acceptors (Lipinski definition) is 5. The van der Waals surface area contributed by atoms with Gasteiger partial charge >= 0.3 is 12.1 Å². The summed E-state index contributed by atoms with van der Waals surface area (Å²) < 4.78 is 5.56. The Bertz CT molecular complexity index is 617. The topological polar surface area (TPSA) is 132 Å². The summed E-state index contributed by atoms with van der Waals surface area (Å²) in [5, 5.41) is 18.8. The molecule has 10 nitrogen and oxygen atoms in total. The minimum Gasteiger partial charge on any atom is -0.465 e. The van der Waals surface area contributed by atoms with Crippen molar-refractivity contribution in [3.63, 3.8) is 0 Å². The van der Waals surface area contributed by atoms with E-state index in [1.54, 1.807) is 7.05 Å². The number of amides is 4. The molecule has 2 saturated heterocycles. The van der Waals surface area contributed by atoms with Crippen molar-refractivity contribution in [2.45, 2.75) is 44.2 Å². The van der Waals surface area contributed by atoms with E-state index in [1.165, 1.54) is 4.90 Å². The Hall–Kier alpha value is -2.36. The molecule has 4 amide bonds. The Morgan fingerprint density at radius 3 is 2.63 bits per heavy atom. The minimum absolute atomic E-state index is 0.0744. The van der Waals surface area contributed by atoms with Gasteiger partial charge in [0.05, 0.1) is 18.4 Å². The van der Waals surface area contributed by atoms with Crippen LogP contribution >= 0.6 is 0 Å². The summed E-state index contributed by atoms with van der Waals surface area (Å²) >= 11 is 0. The standard InChI is InChI=1S/C17H27N5O5/c1-18-15(23)11-4-2-10(3-5-11)8-19-16(24)21-20-12-9-27-13-6-7-22(14(12)13)17(25)26/h10-11,13-14H,2-9H2,1H3,(H,18,23)(H,25,26)(H2,19,21,24)/b20-12+. The Morgan fingerprint density at radius 2 is 1.96 bits per heavy atom. The summed E-state index contributed by atoms with van der Waals surface area (Å²) in [4.78, 5) is 36.2. The third-order valence-corrected chi connectivity index (χ3v) is 5.69. The van der Waals surface area contributed by atoms with E-state index in [1.807, 2.05) is 0 Å². The van der Waals surface area contributed by atoms with Gasteiger partial charge in [-0.05, 0) is 38.0 Å². The van der Waals surface area contributed by atoms with Crippen LogP contribution in [0.25, 0.3) is 0 Å². The van der Waals surface area contributed by atoms with Gasteiger partial charge in [0.25, 0.3) is 0 Å². The zero-order valence-electron chi connectivity index (χ0n) is 15.4. The van der Waals surface area contributed by atoms with Crippen LogP contribution in [-0.2, 0) is 9.53 Å². The molecule has 27 heavy (non-hydrogen) atoms. The average molecular weight is 381 g/mol. The lowest BCUT2D eigenvalue weighted by Crippen LogP contribution is -2.43. The van der Waals surface area contributed by atoms with Gasteiger partial charge in [0.1, 0.15) is 6.04 Å². The van der Waals surface area contributed by atoms with E-state index in [0.717, 1.165) is 25.7 Å². The van der Waals surface area contributed by atoms with Crippen LogP contribution in [0.1, 0.15) is 32.1 Å². The maximum absolute atomic E-state index is 12.0. The maximum Gasteiger partial charge on any atom is 0.407 e. The zero-order valence-corrected chi connectivity index (χ0v) is 15.4. The minimum atomic E-state index is -1.00. The first-order chi connectivity index (χ1) is 13.0. The second kappa shape index (κ2) is 8.55. The molecule has 2 unspecified atom stereocenters. The van der Waals surface area contributed by atoms with Crippen molar-refractivity contribution in [1.29, 1.82) is 0 Å². The lowest BCUT2D eigenvalue weighted by molar-refractivity contribution is -0.125. The summed E-state index contributed by atoms with van der Waals surface area (Å²) in [6.45, 7) is 1.17. The van der Waals surface area contributed by atoms with Crippen LogP contribution in [0.15, 0.2) is 5.10 Å². The van der Waals surface area contributed by atoms with Crippen LogP contribution < -0.4 is 16.1 Å². The van der Waals surface area contributed by atoms with Gasteiger partial charge in [0.2, 0.25) is 5.91 Å². The summed E-state index contributed by atoms with van der Waals surface area (Å²) in [6, 6.07) is -0.831. The average Bonchev–Trinajstić information content (AvgIpc) is 3.26. The molecule has 4 N–H and O–H groups in total. The van der Waals surface area contributed by atoms with Gasteiger partial charge in [-0.1, -0.05) is 0 Å². The zero-order chi connectivity index (χ0) is 19.4. The van der Waals surface area contributed by atoms with Crippen LogP contribution in [0.5, 0.6) is 0 Å². The molecular weight excluding hydrogens is 354 g/mol. The van der Waals surface area contributed by atoms with E-state index in [0.29, 0.717) is 31.1 Å². The van der Waals surface area contributed by atoms with Crippen molar-refractivity contribution in [1.82, 2.24) is 21.0 Å². The van der Waals surface area contributed by atoms with Gasteiger partial charge in [-0.25, -0.2) is 15.0 Å². The van der Waals surface area contributed by atoms with Crippen molar-refractivity contribution >= 4 is 23.7 Å². The molecular formula is C17H27N5O5. The molecule has 1 aliphatic carbocycles. The number of carbonyl (C=O) groups excluding carboxylic acids is 2. The number of urea groups is 1. The quantitative estimate of drug-likeness (QED) is 0.522. The van der Waals surface area contributed by atoms with Gasteiger partial charge in [-0.3, -0.25) is 9.69 Å². The molecule has 2 aliphatic heterocycles. The molecule has 0 aromatic carbocycles. The van der Waals surface area contributed by atoms with Crippen molar-refractivity contribution in [3.8, 4) is 0 Å². The monoisotopic (exact) mass is 381 g/mol. The van der Waals surface area contributed by atoms with Crippen molar-refractivity contribution in [3.05, 3.63) is 0 Å². The molecule has 2 heterocycles. The van der Waals surface area contributed by atoms with Crippen LogP contribution in [0.3, 0.4) is 0 Å². The van der Waals surface area contributed by atoms with Crippen LogP contribution in [0, 0.1) is 11.8 Å². The molecule has 3 aliphatic rings. The fraction of sp³-hybridized carbons (Fsp3) is 0.765. The highest BCUT2D eigenvalue weighted by molar-refractivity contribution is 5.96. The van der Waals surface area contributed by atoms with E-state index >= 15 is 0 Å². The Labute approximate surface area is 157 Å². The van der Waals surface area contributed by atoms with Crippen molar-refractivity contribution in [2.24, 2.45) is 16.9 Å². The fourth-order valence-electron chi connectivity index (χ4n) is 4.16. The first-order valence-electron chi connectivity index (χ1n) is 9.42. The highest BCUT2D eigenvalue weighted by atomic mass is 16.5. The molecule has 150 valence electrons. The lowest BCUT2D eigenvalue weighted by atomic mass is 9.81. The molecule has 3 rings (SSSR count). The lowest BCUT2D eigenvalue weighted by Gasteiger charge is -2.27. The molecule has 0 bridgehead atoms. The van der Waals surface area contributed by atoms with Crippen LogP contribution in [0.4, 0.5) is 9.59 Å². The second-order valence-corrected chi connectivity index (χ2v) is 7.32.